The van der Waals surface area contributed by atoms with E-state index in [2.05, 4.69) is 32.4 Å². The van der Waals surface area contributed by atoms with E-state index in [0.717, 1.165) is 34.7 Å². The minimum absolute atomic E-state index is 0.206. The van der Waals surface area contributed by atoms with Crippen LogP contribution in [0.1, 0.15) is 22.3 Å². The highest BCUT2D eigenvalue weighted by Crippen LogP contribution is 2.28. The van der Waals surface area contributed by atoms with Crippen LogP contribution in [0.4, 0.5) is 21.8 Å². The fraction of sp³-hybridized carbons (Fsp3) is 0.150. The first-order valence-electron chi connectivity index (χ1n) is 8.50. The lowest BCUT2D eigenvalue weighted by molar-refractivity contribution is 0.626. The van der Waals surface area contributed by atoms with Gasteiger partial charge in [-0.3, -0.25) is 4.99 Å². The van der Waals surface area contributed by atoms with Crippen molar-refractivity contribution in [1.82, 2.24) is 9.97 Å². The van der Waals surface area contributed by atoms with Gasteiger partial charge in [-0.2, -0.15) is 4.98 Å². The van der Waals surface area contributed by atoms with Gasteiger partial charge < -0.3 is 10.2 Å². The van der Waals surface area contributed by atoms with E-state index >= 15 is 0 Å². The van der Waals surface area contributed by atoms with E-state index in [4.69, 9.17) is 0 Å². The molecule has 3 heterocycles. The van der Waals surface area contributed by atoms with Crippen LogP contribution in [0.5, 0.6) is 0 Å². The SMILES string of the molecule is Fc1ccc2c(c1)CN(c1nccc(Nc3ccc4c(c3)C=NC4)n1)C2. The number of aliphatic imine (C=N–C) groups is 1. The Labute approximate surface area is 150 Å². The van der Waals surface area contributed by atoms with Gasteiger partial charge in [-0.25, -0.2) is 9.37 Å². The van der Waals surface area contributed by atoms with Crippen molar-refractivity contribution >= 4 is 23.7 Å². The van der Waals surface area contributed by atoms with Gasteiger partial charge in [-0.1, -0.05) is 12.1 Å². The summed E-state index contributed by atoms with van der Waals surface area (Å²) in [4.78, 5) is 15.3. The maximum atomic E-state index is 13.4. The average Bonchev–Trinajstić information content (AvgIpc) is 3.27. The van der Waals surface area contributed by atoms with Crippen molar-refractivity contribution in [2.75, 3.05) is 10.2 Å². The molecule has 0 spiro atoms. The van der Waals surface area contributed by atoms with Gasteiger partial charge in [0.25, 0.3) is 0 Å². The van der Waals surface area contributed by atoms with Gasteiger partial charge in [0.05, 0.1) is 6.54 Å². The van der Waals surface area contributed by atoms with Gasteiger partial charge in [0, 0.05) is 31.2 Å². The molecule has 0 saturated carbocycles. The summed E-state index contributed by atoms with van der Waals surface area (Å²) in [6.07, 6.45) is 3.63. The van der Waals surface area contributed by atoms with E-state index in [0.29, 0.717) is 19.0 Å². The standard InChI is InChI=1S/C20H16FN5/c21-17-3-1-14-11-26(12-16(14)7-17)20-23-6-5-19(25-20)24-18-4-2-13-9-22-10-15(13)8-18/h1-8,10H,9,11-12H2,(H,23,24,25). The van der Waals surface area contributed by atoms with Crippen molar-refractivity contribution in [3.05, 3.63) is 76.7 Å². The Morgan fingerprint density at radius 3 is 2.81 bits per heavy atom. The number of fused-ring (bicyclic) bond motifs is 2. The van der Waals surface area contributed by atoms with Gasteiger partial charge in [0.2, 0.25) is 5.95 Å². The lowest BCUT2D eigenvalue weighted by Crippen LogP contribution is -2.17. The van der Waals surface area contributed by atoms with E-state index in [9.17, 15) is 4.39 Å². The summed E-state index contributed by atoms with van der Waals surface area (Å²) >= 11 is 0. The van der Waals surface area contributed by atoms with E-state index in [1.54, 1.807) is 12.3 Å². The number of nitrogens with one attached hydrogen (secondary N) is 1. The Balaban J connectivity index is 1.37. The minimum atomic E-state index is -0.206. The van der Waals surface area contributed by atoms with Crippen LogP contribution in [-0.4, -0.2) is 16.2 Å². The highest BCUT2D eigenvalue weighted by Gasteiger charge is 2.21. The lowest BCUT2D eigenvalue weighted by Gasteiger charge is -2.16. The predicted molar refractivity (Wildman–Crippen MR) is 99.3 cm³/mol. The second-order valence-corrected chi connectivity index (χ2v) is 6.52. The molecule has 5 nitrogen and oxygen atoms in total. The highest BCUT2D eigenvalue weighted by molar-refractivity contribution is 5.86. The van der Waals surface area contributed by atoms with Crippen LogP contribution in [-0.2, 0) is 19.6 Å². The molecule has 2 aliphatic heterocycles. The number of anilines is 3. The molecular weight excluding hydrogens is 329 g/mol. The topological polar surface area (TPSA) is 53.4 Å². The first-order chi connectivity index (χ1) is 12.7. The van der Waals surface area contributed by atoms with Gasteiger partial charge >= 0.3 is 0 Å². The van der Waals surface area contributed by atoms with Crippen LogP contribution in [0.3, 0.4) is 0 Å². The molecule has 3 aromatic rings. The molecule has 0 bridgehead atoms. The van der Waals surface area contributed by atoms with Crippen LogP contribution >= 0.6 is 0 Å². The van der Waals surface area contributed by atoms with Crippen LogP contribution in [0.15, 0.2) is 53.7 Å². The van der Waals surface area contributed by atoms with Crippen molar-refractivity contribution in [2.45, 2.75) is 19.6 Å². The van der Waals surface area contributed by atoms with Gasteiger partial charge in [-0.15, -0.1) is 0 Å². The van der Waals surface area contributed by atoms with E-state index in [1.165, 1.54) is 11.6 Å². The third-order valence-electron chi connectivity index (χ3n) is 4.73. The first kappa shape index (κ1) is 15.0. The smallest absolute Gasteiger partial charge is 0.227 e. The molecule has 0 radical (unpaired) electrons. The molecule has 1 aromatic heterocycles. The Bertz CT molecular complexity index is 1030. The average molecular weight is 345 g/mol. The summed E-state index contributed by atoms with van der Waals surface area (Å²) in [5.74, 6) is 1.16. The molecule has 2 aromatic carbocycles. The summed E-state index contributed by atoms with van der Waals surface area (Å²) in [6.45, 7) is 2.06. The third kappa shape index (κ3) is 2.69. The Morgan fingerprint density at radius 1 is 0.962 bits per heavy atom. The fourth-order valence-electron chi connectivity index (χ4n) is 3.40. The molecule has 128 valence electrons. The van der Waals surface area contributed by atoms with Gasteiger partial charge in [-0.05, 0) is 52.6 Å². The lowest BCUT2D eigenvalue weighted by atomic mass is 10.1. The molecule has 0 atom stereocenters. The quantitative estimate of drug-likeness (QED) is 0.784. The third-order valence-corrected chi connectivity index (χ3v) is 4.73. The van der Waals surface area contributed by atoms with Gasteiger partial charge in [0.1, 0.15) is 11.6 Å². The van der Waals surface area contributed by atoms with E-state index < -0.39 is 0 Å². The van der Waals surface area contributed by atoms with Crippen molar-refractivity contribution < 1.29 is 4.39 Å². The second-order valence-electron chi connectivity index (χ2n) is 6.52. The van der Waals surface area contributed by atoms with E-state index in [-0.39, 0.29) is 5.82 Å². The van der Waals surface area contributed by atoms with Crippen LogP contribution in [0.2, 0.25) is 0 Å². The van der Waals surface area contributed by atoms with Crippen LogP contribution < -0.4 is 10.2 Å². The molecule has 2 aliphatic rings. The van der Waals surface area contributed by atoms with Crippen LogP contribution in [0, 0.1) is 5.82 Å². The predicted octanol–water partition coefficient (Wildman–Crippen LogP) is 3.81. The summed E-state index contributed by atoms with van der Waals surface area (Å²) in [5, 5.41) is 3.33. The monoisotopic (exact) mass is 345 g/mol. The summed E-state index contributed by atoms with van der Waals surface area (Å²) in [6, 6.07) is 12.9. The zero-order valence-corrected chi connectivity index (χ0v) is 14.0. The Kier molecular flexibility index (Phi) is 3.41. The minimum Gasteiger partial charge on any atom is -0.340 e. The normalized spacial score (nSPS) is 14.4. The zero-order valence-electron chi connectivity index (χ0n) is 14.0. The van der Waals surface area contributed by atoms with Crippen molar-refractivity contribution in [3.8, 4) is 0 Å². The Morgan fingerprint density at radius 2 is 1.85 bits per heavy atom. The number of hydrogen-bond acceptors (Lipinski definition) is 5. The number of hydrogen-bond donors (Lipinski definition) is 1. The maximum Gasteiger partial charge on any atom is 0.227 e. The second kappa shape index (κ2) is 5.91. The number of aromatic nitrogens is 2. The summed E-state index contributed by atoms with van der Waals surface area (Å²) < 4.78 is 13.4. The molecular formula is C20H16FN5. The Hall–Kier alpha value is -3.28. The molecule has 1 N–H and O–H groups in total. The van der Waals surface area contributed by atoms with Crippen molar-refractivity contribution in [3.63, 3.8) is 0 Å². The summed E-state index contributed by atoms with van der Waals surface area (Å²) in [5.41, 5.74) is 5.45. The molecule has 0 fully saturated rings. The summed E-state index contributed by atoms with van der Waals surface area (Å²) in [7, 11) is 0. The molecule has 5 rings (SSSR count). The maximum absolute atomic E-state index is 13.4. The molecule has 0 aliphatic carbocycles. The van der Waals surface area contributed by atoms with Crippen molar-refractivity contribution in [1.29, 1.82) is 0 Å². The fourth-order valence-corrected chi connectivity index (χ4v) is 3.40. The molecule has 0 amide bonds. The van der Waals surface area contributed by atoms with Gasteiger partial charge in [0.15, 0.2) is 0 Å². The number of rotatable bonds is 3. The molecule has 6 heteroatoms. The number of halogens is 1. The molecule has 0 unspecified atom stereocenters. The highest BCUT2D eigenvalue weighted by atomic mass is 19.1. The van der Waals surface area contributed by atoms with E-state index in [1.807, 2.05) is 29.3 Å². The van der Waals surface area contributed by atoms with Crippen molar-refractivity contribution in [2.24, 2.45) is 4.99 Å². The molecule has 26 heavy (non-hydrogen) atoms. The first-order valence-corrected chi connectivity index (χ1v) is 8.50. The number of benzene rings is 2. The largest absolute Gasteiger partial charge is 0.340 e. The number of nitrogens with zero attached hydrogens (tertiary/aromatic N) is 4. The molecule has 0 saturated heterocycles. The zero-order chi connectivity index (χ0) is 17.5. The van der Waals surface area contributed by atoms with Crippen LogP contribution in [0.25, 0.3) is 0 Å².